The molecule has 3 N–H and O–H groups in total. The van der Waals surface area contributed by atoms with Crippen molar-refractivity contribution in [1.29, 1.82) is 0 Å². The van der Waals surface area contributed by atoms with Gasteiger partial charge in [0.1, 0.15) is 0 Å². The molecule has 2 nitrogen and oxygen atoms in total. The van der Waals surface area contributed by atoms with Crippen molar-refractivity contribution in [3.63, 3.8) is 0 Å². The molecule has 1 fully saturated rings. The molecule has 1 aromatic carbocycles. The molecule has 0 saturated heterocycles. The number of nitrogens with one attached hydrogen (secondary N) is 1. The molecular formula is C12H15F3N2. The number of hydrogen-bond donors (Lipinski definition) is 2. The van der Waals surface area contributed by atoms with E-state index in [1.54, 1.807) is 0 Å². The van der Waals surface area contributed by atoms with E-state index in [4.69, 9.17) is 5.73 Å². The van der Waals surface area contributed by atoms with Crippen molar-refractivity contribution in [2.75, 3.05) is 5.32 Å². The quantitative estimate of drug-likeness (QED) is 0.785. The Bertz CT molecular complexity index is 409. The lowest BCUT2D eigenvalue weighted by atomic mass is 9.91. The van der Waals surface area contributed by atoms with Crippen molar-refractivity contribution in [2.45, 2.75) is 37.8 Å². The molecule has 1 aromatic rings. The van der Waals surface area contributed by atoms with Crippen molar-refractivity contribution in [2.24, 2.45) is 5.73 Å². The van der Waals surface area contributed by atoms with Crippen molar-refractivity contribution in [1.82, 2.24) is 0 Å². The van der Waals surface area contributed by atoms with Gasteiger partial charge in [-0.15, -0.1) is 0 Å². The first-order valence-electron chi connectivity index (χ1n) is 5.73. The van der Waals surface area contributed by atoms with Gasteiger partial charge in [0, 0.05) is 12.1 Å². The van der Waals surface area contributed by atoms with Crippen molar-refractivity contribution in [3.8, 4) is 0 Å². The highest BCUT2D eigenvalue weighted by atomic mass is 19.2. The summed E-state index contributed by atoms with van der Waals surface area (Å²) >= 11 is 0. The summed E-state index contributed by atoms with van der Waals surface area (Å²) in [5, 5.41) is 2.89. The van der Waals surface area contributed by atoms with E-state index in [1.807, 2.05) is 0 Å². The van der Waals surface area contributed by atoms with Gasteiger partial charge >= 0.3 is 0 Å². The number of rotatable bonds is 2. The first-order valence-corrected chi connectivity index (χ1v) is 5.73. The van der Waals surface area contributed by atoms with Gasteiger partial charge in [0.05, 0.1) is 5.69 Å². The zero-order valence-electron chi connectivity index (χ0n) is 9.35. The maximum absolute atomic E-state index is 13.4. The molecule has 0 aliphatic heterocycles. The summed E-state index contributed by atoms with van der Waals surface area (Å²) < 4.78 is 39.2. The molecule has 1 aliphatic rings. The first-order chi connectivity index (χ1) is 8.08. The van der Waals surface area contributed by atoms with E-state index in [-0.39, 0.29) is 17.8 Å². The van der Waals surface area contributed by atoms with Gasteiger partial charge in [0.15, 0.2) is 17.5 Å². The van der Waals surface area contributed by atoms with E-state index < -0.39 is 17.5 Å². The summed E-state index contributed by atoms with van der Waals surface area (Å²) in [7, 11) is 0. The number of benzene rings is 1. The van der Waals surface area contributed by atoms with Gasteiger partial charge in [-0.2, -0.15) is 0 Å². The molecule has 2 atom stereocenters. The van der Waals surface area contributed by atoms with Gasteiger partial charge < -0.3 is 11.1 Å². The van der Waals surface area contributed by atoms with Crippen LogP contribution in [-0.2, 0) is 0 Å². The van der Waals surface area contributed by atoms with E-state index in [1.165, 1.54) is 6.07 Å². The minimum Gasteiger partial charge on any atom is -0.380 e. The lowest BCUT2D eigenvalue weighted by Crippen LogP contribution is -2.35. The van der Waals surface area contributed by atoms with Gasteiger partial charge in [-0.1, -0.05) is 0 Å². The fourth-order valence-electron chi connectivity index (χ4n) is 2.22. The molecule has 5 heteroatoms. The summed E-state index contributed by atoms with van der Waals surface area (Å²) in [6.07, 6.45) is 3.51. The Morgan fingerprint density at radius 3 is 2.59 bits per heavy atom. The van der Waals surface area contributed by atoms with Crippen LogP contribution in [0.4, 0.5) is 18.9 Å². The maximum atomic E-state index is 13.4. The molecule has 0 aromatic heterocycles. The number of halogens is 3. The minimum atomic E-state index is -1.44. The van der Waals surface area contributed by atoms with E-state index in [0.29, 0.717) is 0 Å². The maximum Gasteiger partial charge on any atom is 0.196 e. The summed E-state index contributed by atoms with van der Waals surface area (Å²) in [6, 6.07) is 2.25. The van der Waals surface area contributed by atoms with Crippen LogP contribution >= 0.6 is 0 Å². The average molecular weight is 244 g/mol. The topological polar surface area (TPSA) is 38.0 Å². The molecule has 0 amide bonds. The van der Waals surface area contributed by atoms with Crippen LogP contribution < -0.4 is 11.1 Å². The van der Waals surface area contributed by atoms with Gasteiger partial charge in [-0.3, -0.25) is 0 Å². The van der Waals surface area contributed by atoms with Crippen LogP contribution in [-0.4, -0.2) is 12.1 Å². The summed E-state index contributed by atoms with van der Waals surface area (Å²) in [5.41, 5.74) is 5.81. The number of anilines is 1. The summed E-state index contributed by atoms with van der Waals surface area (Å²) in [5.74, 6) is -3.77. The molecule has 0 radical (unpaired) electrons. The normalized spacial score (nSPS) is 24.7. The van der Waals surface area contributed by atoms with Crippen molar-refractivity contribution < 1.29 is 13.2 Å². The zero-order chi connectivity index (χ0) is 12.4. The number of hydrogen-bond acceptors (Lipinski definition) is 2. The second-order valence-electron chi connectivity index (χ2n) is 4.49. The third-order valence-electron chi connectivity index (χ3n) is 3.11. The van der Waals surface area contributed by atoms with Crippen LogP contribution in [0.25, 0.3) is 0 Å². The molecular weight excluding hydrogens is 229 g/mol. The van der Waals surface area contributed by atoms with Crippen LogP contribution in [0.15, 0.2) is 12.1 Å². The molecule has 17 heavy (non-hydrogen) atoms. The van der Waals surface area contributed by atoms with Crippen molar-refractivity contribution >= 4 is 5.69 Å². The highest BCUT2D eigenvalue weighted by Crippen LogP contribution is 2.24. The second-order valence-corrected chi connectivity index (χ2v) is 4.49. The van der Waals surface area contributed by atoms with Crippen molar-refractivity contribution in [3.05, 3.63) is 29.6 Å². The molecule has 94 valence electrons. The lowest BCUT2D eigenvalue weighted by Gasteiger charge is -2.28. The Morgan fingerprint density at radius 2 is 1.88 bits per heavy atom. The lowest BCUT2D eigenvalue weighted by molar-refractivity contribution is 0.405. The highest BCUT2D eigenvalue weighted by Gasteiger charge is 2.21. The number of nitrogens with two attached hydrogens (primary N) is 1. The van der Waals surface area contributed by atoms with Crippen LogP contribution in [0.3, 0.4) is 0 Å². The molecule has 2 rings (SSSR count). The Morgan fingerprint density at radius 1 is 1.12 bits per heavy atom. The van der Waals surface area contributed by atoms with E-state index in [2.05, 4.69) is 5.32 Å². The van der Waals surface area contributed by atoms with Crippen LogP contribution in [0, 0.1) is 17.5 Å². The summed E-state index contributed by atoms with van der Waals surface area (Å²) in [4.78, 5) is 0. The predicted octanol–water partition coefficient (Wildman–Crippen LogP) is 2.79. The molecule has 0 bridgehead atoms. The summed E-state index contributed by atoms with van der Waals surface area (Å²) in [6.45, 7) is 0. The van der Waals surface area contributed by atoms with E-state index in [0.717, 1.165) is 31.7 Å². The smallest absolute Gasteiger partial charge is 0.196 e. The third-order valence-corrected chi connectivity index (χ3v) is 3.11. The molecule has 0 heterocycles. The zero-order valence-corrected chi connectivity index (χ0v) is 9.35. The van der Waals surface area contributed by atoms with Gasteiger partial charge in [-0.05, 0) is 37.8 Å². The Hall–Kier alpha value is -1.23. The van der Waals surface area contributed by atoms with E-state index >= 15 is 0 Å². The molecule has 0 spiro atoms. The molecule has 1 saturated carbocycles. The highest BCUT2D eigenvalue weighted by molar-refractivity contribution is 5.46. The van der Waals surface area contributed by atoms with Gasteiger partial charge in [0.25, 0.3) is 0 Å². The Labute approximate surface area is 98.0 Å². The molecule has 1 aliphatic carbocycles. The minimum absolute atomic E-state index is 0.00278. The predicted molar refractivity (Wildman–Crippen MR) is 60.2 cm³/mol. The van der Waals surface area contributed by atoms with Crippen LogP contribution in [0.2, 0.25) is 0 Å². The first kappa shape index (κ1) is 12.2. The molecule has 2 unspecified atom stereocenters. The standard InChI is InChI=1S/C12H15F3N2/c13-9-4-5-10(12(15)11(9)14)17-8-3-1-2-7(16)6-8/h4-5,7-8,17H,1-3,6,16H2. The Balaban J connectivity index is 2.10. The second kappa shape index (κ2) is 4.96. The Kier molecular flexibility index (Phi) is 3.57. The largest absolute Gasteiger partial charge is 0.380 e. The SMILES string of the molecule is NC1CCCC(Nc2ccc(F)c(F)c2F)C1. The van der Waals surface area contributed by atoms with Gasteiger partial charge in [-0.25, -0.2) is 13.2 Å². The monoisotopic (exact) mass is 244 g/mol. The van der Waals surface area contributed by atoms with E-state index in [9.17, 15) is 13.2 Å². The third kappa shape index (κ3) is 2.72. The fourth-order valence-corrected chi connectivity index (χ4v) is 2.22. The fraction of sp³-hybridized carbons (Fsp3) is 0.500. The van der Waals surface area contributed by atoms with Crippen LogP contribution in [0.5, 0.6) is 0 Å². The van der Waals surface area contributed by atoms with Gasteiger partial charge in [0.2, 0.25) is 0 Å². The van der Waals surface area contributed by atoms with Crippen LogP contribution in [0.1, 0.15) is 25.7 Å². The average Bonchev–Trinajstić information content (AvgIpc) is 2.30.